The molecule has 13 nitrogen and oxygen atoms in total. The van der Waals surface area contributed by atoms with Crippen LogP contribution in [0.5, 0.6) is 11.5 Å². The van der Waals surface area contributed by atoms with Gasteiger partial charge in [-0.25, -0.2) is 4.79 Å². The Morgan fingerprint density at radius 2 is 1.30 bits per heavy atom. The van der Waals surface area contributed by atoms with Crippen molar-refractivity contribution in [3.8, 4) is 11.5 Å². The number of benzene rings is 1. The summed E-state index contributed by atoms with van der Waals surface area (Å²) in [5, 5.41) is 0. The number of ketones is 1. The third-order valence-corrected chi connectivity index (χ3v) is 7.26. The number of carbonyl (C=O) groups is 2. The molecule has 0 saturated heterocycles. The maximum absolute atomic E-state index is 13.7. The van der Waals surface area contributed by atoms with Gasteiger partial charge in [-0.2, -0.15) is 0 Å². The minimum Gasteiger partial charge on any atom is -0.494 e. The van der Waals surface area contributed by atoms with Crippen molar-refractivity contribution in [2.75, 3.05) is 110 Å². The van der Waals surface area contributed by atoms with E-state index in [9.17, 15) is 9.59 Å². The Bertz CT molecular complexity index is 1400. The van der Waals surface area contributed by atoms with Crippen LogP contribution in [0.25, 0.3) is 5.52 Å². The lowest BCUT2D eigenvalue weighted by Crippen LogP contribution is -2.15. The van der Waals surface area contributed by atoms with E-state index in [0.29, 0.717) is 101 Å². The first-order valence-corrected chi connectivity index (χ1v) is 16.8. The molecule has 0 saturated carbocycles. The molecule has 0 fully saturated rings. The largest absolute Gasteiger partial charge is 0.494 e. The second kappa shape index (κ2) is 21.8. The average Bonchev–Trinajstić information content (AvgIpc) is 3.38. The van der Waals surface area contributed by atoms with Gasteiger partial charge in [0.25, 0.3) is 0 Å². The highest BCUT2D eigenvalue weighted by Gasteiger charge is 2.25. The van der Waals surface area contributed by atoms with Crippen LogP contribution in [0.4, 0.5) is 5.69 Å². The lowest BCUT2D eigenvalue weighted by Gasteiger charge is -2.11. The average molecular weight is 773 g/mol. The molecule has 0 aliphatic rings. The van der Waals surface area contributed by atoms with Crippen molar-refractivity contribution >= 4 is 45.5 Å². The molecule has 0 bridgehead atoms. The van der Waals surface area contributed by atoms with Crippen LogP contribution in [0.2, 0.25) is 0 Å². The molecule has 3 aromatic rings. The molecule has 0 unspecified atom stereocenters. The topological polar surface area (TPSA) is 148 Å². The molecule has 1 aromatic carbocycles. The molecule has 47 heavy (non-hydrogen) atoms. The summed E-state index contributed by atoms with van der Waals surface area (Å²) < 4.78 is 52.1. The van der Waals surface area contributed by atoms with Gasteiger partial charge in [-0.3, -0.25) is 4.79 Å². The van der Waals surface area contributed by atoms with E-state index in [2.05, 4.69) is 22.6 Å². The Balaban J connectivity index is 1.37. The molecule has 0 atom stereocenters. The molecule has 0 aliphatic carbocycles. The minimum atomic E-state index is -0.621. The highest BCUT2D eigenvalue weighted by atomic mass is 127. The molecular formula is C33H45IN2O11. The number of nitrogens with zero attached hydrogens (tertiary/aromatic N) is 1. The zero-order chi connectivity index (χ0) is 33.9. The number of nitrogen functional groups attached to an aromatic ring is 1. The van der Waals surface area contributed by atoms with Crippen molar-refractivity contribution in [3.63, 3.8) is 0 Å². The number of fused-ring (bicyclic) bond motifs is 1. The quantitative estimate of drug-likeness (QED) is 0.0334. The number of pyridine rings is 1. The van der Waals surface area contributed by atoms with Gasteiger partial charge in [-0.05, 0) is 37.3 Å². The first-order valence-electron chi connectivity index (χ1n) is 15.3. The maximum Gasteiger partial charge on any atom is 0.339 e. The number of hydrogen-bond acceptors (Lipinski definition) is 12. The first kappa shape index (κ1) is 38.5. The summed E-state index contributed by atoms with van der Waals surface area (Å²) >= 11 is 2.27. The molecule has 2 aromatic heterocycles. The number of methoxy groups -OCH3 is 2. The van der Waals surface area contributed by atoms with E-state index in [1.54, 1.807) is 35.7 Å². The van der Waals surface area contributed by atoms with Crippen molar-refractivity contribution in [1.29, 1.82) is 0 Å². The normalized spacial score (nSPS) is 11.2. The van der Waals surface area contributed by atoms with Crippen LogP contribution < -0.4 is 15.2 Å². The number of nitrogens with two attached hydrogens (primary N) is 1. The number of aromatic nitrogens is 1. The van der Waals surface area contributed by atoms with E-state index in [1.165, 1.54) is 26.4 Å². The zero-order valence-corrected chi connectivity index (χ0v) is 29.4. The molecule has 0 spiro atoms. The van der Waals surface area contributed by atoms with Crippen LogP contribution in [0.3, 0.4) is 0 Å². The number of hydrogen-bond donors (Lipinski definition) is 1. The van der Waals surface area contributed by atoms with Crippen LogP contribution in [0.1, 0.15) is 32.0 Å². The standard InChI is InChI=1S/C33H45IN2O11/c1-24-29(31(37)25-6-7-27(35)26(23-25)33(38)40-3)36-9-4-5-28(30(36)32(24)39-2)47-22-21-46-20-19-45-18-17-44-16-15-43-14-13-42-12-11-41-10-8-34/h4-7,9,23H,8,10-22,35H2,1-3H3. The summed E-state index contributed by atoms with van der Waals surface area (Å²) in [5.74, 6) is 0.108. The summed E-state index contributed by atoms with van der Waals surface area (Å²) in [6.45, 7) is 8.13. The van der Waals surface area contributed by atoms with Crippen LogP contribution in [-0.2, 0) is 33.2 Å². The van der Waals surface area contributed by atoms with Crippen LogP contribution in [0, 0.1) is 6.92 Å². The van der Waals surface area contributed by atoms with Gasteiger partial charge in [0.05, 0.1) is 99.1 Å². The summed E-state index contributed by atoms with van der Waals surface area (Å²) in [6, 6.07) is 8.11. The summed E-state index contributed by atoms with van der Waals surface area (Å²) in [4.78, 5) is 25.8. The Kier molecular flexibility index (Phi) is 17.8. The van der Waals surface area contributed by atoms with E-state index in [0.717, 1.165) is 11.0 Å². The van der Waals surface area contributed by atoms with E-state index < -0.39 is 5.97 Å². The van der Waals surface area contributed by atoms with Crippen molar-refractivity contribution in [2.24, 2.45) is 0 Å². The molecule has 2 heterocycles. The number of esters is 1. The third kappa shape index (κ3) is 11.9. The van der Waals surface area contributed by atoms with Gasteiger partial charge in [0.1, 0.15) is 23.6 Å². The number of halogens is 1. The molecule has 0 aliphatic heterocycles. The predicted octanol–water partition coefficient (Wildman–Crippen LogP) is 3.77. The lowest BCUT2D eigenvalue weighted by atomic mass is 10.0. The fraction of sp³-hybridized carbons (Fsp3) is 0.515. The molecule has 0 amide bonds. The molecule has 2 N–H and O–H groups in total. The Labute approximate surface area is 288 Å². The highest BCUT2D eigenvalue weighted by Crippen LogP contribution is 2.37. The van der Waals surface area contributed by atoms with Crippen molar-refractivity contribution in [2.45, 2.75) is 6.92 Å². The zero-order valence-electron chi connectivity index (χ0n) is 27.3. The monoisotopic (exact) mass is 772 g/mol. The summed E-state index contributed by atoms with van der Waals surface area (Å²) in [7, 11) is 2.80. The number of alkyl halides is 1. The van der Waals surface area contributed by atoms with E-state index in [-0.39, 0.29) is 29.2 Å². The number of ether oxygens (including phenoxy) is 9. The smallest absolute Gasteiger partial charge is 0.339 e. The van der Waals surface area contributed by atoms with Crippen molar-refractivity contribution < 1.29 is 52.2 Å². The summed E-state index contributed by atoms with van der Waals surface area (Å²) in [5.41, 5.74) is 8.17. The van der Waals surface area contributed by atoms with E-state index in [1.807, 2.05) is 0 Å². The molecule has 260 valence electrons. The Morgan fingerprint density at radius 1 is 0.766 bits per heavy atom. The van der Waals surface area contributed by atoms with E-state index >= 15 is 0 Å². The lowest BCUT2D eigenvalue weighted by molar-refractivity contribution is -0.0171. The molecule has 14 heteroatoms. The van der Waals surface area contributed by atoms with Gasteiger partial charge < -0.3 is 52.8 Å². The molecular weight excluding hydrogens is 727 g/mol. The third-order valence-electron chi connectivity index (χ3n) is 6.82. The fourth-order valence-corrected chi connectivity index (χ4v) is 4.91. The van der Waals surface area contributed by atoms with Crippen LogP contribution >= 0.6 is 22.6 Å². The Hall–Kier alpha value is -2.99. The van der Waals surface area contributed by atoms with Crippen LogP contribution in [0.15, 0.2) is 36.5 Å². The highest BCUT2D eigenvalue weighted by molar-refractivity contribution is 14.1. The Morgan fingerprint density at radius 3 is 1.81 bits per heavy atom. The van der Waals surface area contributed by atoms with Gasteiger partial charge in [0.2, 0.25) is 5.78 Å². The van der Waals surface area contributed by atoms with E-state index in [4.69, 9.17) is 48.4 Å². The first-order chi connectivity index (χ1) is 22.9. The second-order valence-corrected chi connectivity index (χ2v) is 11.0. The van der Waals surface area contributed by atoms with Gasteiger partial charge in [-0.1, -0.05) is 22.6 Å². The SMILES string of the molecule is COC(=O)c1cc(C(=O)c2c(C)c(OC)c3c(OCCOCCOCCOCCOCCOCCOCCI)cccn23)ccc1N. The maximum atomic E-state index is 13.7. The minimum absolute atomic E-state index is 0.120. The number of rotatable bonds is 25. The van der Waals surface area contributed by atoms with Gasteiger partial charge in [0, 0.05) is 27.4 Å². The van der Waals surface area contributed by atoms with Gasteiger partial charge in [-0.15, -0.1) is 0 Å². The number of anilines is 1. The van der Waals surface area contributed by atoms with Gasteiger partial charge in [0.15, 0.2) is 5.75 Å². The fourth-order valence-electron chi connectivity index (χ4n) is 4.60. The van der Waals surface area contributed by atoms with Gasteiger partial charge >= 0.3 is 5.97 Å². The van der Waals surface area contributed by atoms with Crippen molar-refractivity contribution in [1.82, 2.24) is 4.40 Å². The van der Waals surface area contributed by atoms with Crippen molar-refractivity contribution in [3.05, 3.63) is 58.9 Å². The van der Waals surface area contributed by atoms with Crippen LogP contribution in [-0.4, -0.2) is 121 Å². The second-order valence-electron chi connectivity index (χ2n) is 9.93. The predicted molar refractivity (Wildman–Crippen MR) is 184 cm³/mol. The molecule has 0 radical (unpaired) electrons. The summed E-state index contributed by atoms with van der Waals surface area (Å²) in [6.07, 6.45) is 1.76. The number of carbonyl (C=O) groups excluding carboxylic acids is 2. The molecule has 3 rings (SSSR count).